The standard InChI is InChI=1S/C16H21N3O2S/c1-3-4-11-17-16-10-9-14(12-18-16)19-22(20,21)15-8-6-5-7-13(15)2/h5-10,12,19H,3-4,11H2,1-2H3,(H,17,18). The van der Waals surface area contributed by atoms with E-state index in [-0.39, 0.29) is 4.90 Å². The van der Waals surface area contributed by atoms with Crippen molar-refractivity contribution in [1.29, 1.82) is 0 Å². The van der Waals surface area contributed by atoms with Gasteiger partial charge >= 0.3 is 0 Å². The van der Waals surface area contributed by atoms with Crippen LogP contribution in [0, 0.1) is 6.92 Å². The fourth-order valence-electron chi connectivity index (χ4n) is 2.02. The summed E-state index contributed by atoms with van der Waals surface area (Å²) in [5.74, 6) is 0.743. The van der Waals surface area contributed by atoms with Gasteiger partial charge in [0.2, 0.25) is 0 Å². The van der Waals surface area contributed by atoms with Crippen LogP contribution in [0.5, 0.6) is 0 Å². The van der Waals surface area contributed by atoms with Crippen molar-refractivity contribution in [3.8, 4) is 0 Å². The van der Waals surface area contributed by atoms with Gasteiger partial charge in [0.25, 0.3) is 10.0 Å². The zero-order valence-corrected chi connectivity index (χ0v) is 13.7. The number of nitrogens with one attached hydrogen (secondary N) is 2. The highest BCUT2D eigenvalue weighted by Gasteiger charge is 2.16. The van der Waals surface area contributed by atoms with Gasteiger partial charge in [-0.1, -0.05) is 31.5 Å². The zero-order valence-electron chi connectivity index (χ0n) is 12.8. The van der Waals surface area contributed by atoms with Crippen molar-refractivity contribution >= 4 is 21.5 Å². The van der Waals surface area contributed by atoms with Crippen LogP contribution in [0.15, 0.2) is 47.5 Å². The van der Waals surface area contributed by atoms with Crippen LogP contribution in [-0.2, 0) is 10.0 Å². The van der Waals surface area contributed by atoms with E-state index in [2.05, 4.69) is 21.9 Å². The summed E-state index contributed by atoms with van der Waals surface area (Å²) < 4.78 is 27.3. The first kappa shape index (κ1) is 16.3. The summed E-state index contributed by atoms with van der Waals surface area (Å²) in [6, 6.07) is 10.4. The summed E-state index contributed by atoms with van der Waals surface area (Å²) in [6.07, 6.45) is 3.70. The predicted molar refractivity (Wildman–Crippen MR) is 89.6 cm³/mol. The summed E-state index contributed by atoms with van der Waals surface area (Å²) in [5.41, 5.74) is 1.16. The quantitative estimate of drug-likeness (QED) is 0.767. The number of anilines is 2. The minimum Gasteiger partial charge on any atom is -0.370 e. The zero-order chi connectivity index (χ0) is 16.0. The lowest BCUT2D eigenvalue weighted by atomic mass is 10.2. The molecule has 0 amide bonds. The third-order valence-corrected chi connectivity index (χ3v) is 4.78. The SMILES string of the molecule is CCCCNc1ccc(NS(=O)(=O)c2ccccc2C)cn1. The molecule has 0 bridgehead atoms. The topological polar surface area (TPSA) is 71.1 Å². The van der Waals surface area contributed by atoms with Crippen molar-refractivity contribution in [2.75, 3.05) is 16.6 Å². The predicted octanol–water partition coefficient (Wildman–Crippen LogP) is 3.40. The van der Waals surface area contributed by atoms with Crippen LogP contribution < -0.4 is 10.0 Å². The molecule has 1 aromatic heterocycles. The van der Waals surface area contributed by atoms with Crippen molar-refractivity contribution in [3.05, 3.63) is 48.2 Å². The molecule has 0 atom stereocenters. The molecule has 0 aliphatic heterocycles. The second-order valence-electron chi connectivity index (χ2n) is 5.08. The molecular weight excluding hydrogens is 298 g/mol. The van der Waals surface area contributed by atoms with Crippen LogP contribution in [0.2, 0.25) is 0 Å². The van der Waals surface area contributed by atoms with Gasteiger partial charge in [0, 0.05) is 6.54 Å². The molecule has 0 aliphatic carbocycles. The van der Waals surface area contributed by atoms with Gasteiger partial charge < -0.3 is 5.32 Å². The molecule has 118 valence electrons. The van der Waals surface area contributed by atoms with Crippen LogP contribution in [0.25, 0.3) is 0 Å². The van der Waals surface area contributed by atoms with Gasteiger partial charge in [-0.05, 0) is 37.1 Å². The van der Waals surface area contributed by atoms with Crippen LogP contribution >= 0.6 is 0 Å². The highest BCUT2D eigenvalue weighted by atomic mass is 32.2. The van der Waals surface area contributed by atoms with Gasteiger partial charge in [-0.3, -0.25) is 4.72 Å². The van der Waals surface area contributed by atoms with E-state index in [1.165, 1.54) is 6.20 Å². The highest BCUT2D eigenvalue weighted by molar-refractivity contribution is 7.92. The third kappa shape index (κ3) is 4.21. The van der Waals surface area contributed by atoms with Crippen LogP contribution in [0.4, 0.5) is 11.5 Å². The minimum absolute atomic E-state index is 0.278. The second-order valence-corrected chi connectivity index (χ2v) is 6.73. The van der Waals surface area contributed by atoms with E-state index >= 15 is 0 Å². The number of aryl methyl sites for hydroxylation is 1. The van der Waals surface area contributed by atoms with Gasteiger partial charge in [-0.15, -0.1) is 0 Å². The Labute approximate surface area is 131 Å². The van der Waals surface area contributed by atoms with Crippen molar-refractivity contribution in [2.24, 2.45) is 0 Å². The Morgan fingerprint density at radius 3 is 2.55 bits per heavy atom. The van der Waals surface area contributed by atoms with E-state index in [0.29, 0.717) is 11.3 Å². The van der Waals surface area contributed by atoms with Gasteiger partial charge in [0.15, 0.2) is 0 Å². The maximum absolute atomic E-state index is 12.4. The first-order chi connectivity index (χ1) is 10.5. The lowest BCUT2D eigenvalue weighted by Gasteiger charge is -2.10. The molecule has 5 nitrogen and oxygen atoms in total. The number of sulfonamides is 1. The molecule has 0 spiro atoms. The van der Waals surface area contributed by atoms with E-state index in [1.807, 2.05) is 6.07 Å². The fourth-order valence-corrected chi connectivity index (χ4v) is 3.31. The van der Waals surface area contributed by atoms with E-state index in [9.17, 15) is 8.42 Å². The number of pyridine rings is 1. The molecule has 2 aromatic rings. The van der Waals surface area contributed by atoms with Gasteiger partial charge in [0.1, 0.15) is 5.82 Å². The lowest BCUT2D eigenvalue weighted by molar-refractivity contribution is 0.600. The molecule has 22 heavy (non-hydrogen) atoms. The van der Waals surface area contributed by atoms with E-state index in [1.54, 1.807) is 37.3 Å². The molecule has 2 rings (SSSR count). The molecular formula is C16H21N3O2S. The van der Waals surface area contributed by atoms with Crippen LogP contribution in [0.3, 0.4) is 0 Å². The largest absolute Gasteiger partial charge is 0.370 e. The Hall–Kier alpha value is -2.08. The van der Waals surface area contributed by atoms with E-state index in [4.69, 9.17) is 0 Å². The molecule has 1 aromatic carbocycles. The summed E-state index contributed by atoms with van der Waals surface area (Å²) in [4.78, 5) is 4.49. The van der Waals surface area contributed by atoms with Crippen molar-refractivity contribution in [2.45, 2.75) is 31.6 Å². The fraction of sp³-hybridized carbons (Fsp3) is 0.312. The Morgan fingerprint density at radius 1 is 1.14 bits per heavy atom. The first-order valence-corrected chi connectivity index (χ1v) is 8.79. The first-order valence-electron chi connectivity index (χ1n) is 7.31. The summed E-state index contributed by atoms with van der Waals surface area (Å²) in [7, 11) is -3.59. The smallest absolute Gasteiger partial charge is 0.262 e. The number of unbranched alkanes of at least 4 members (excludes halogenated alkanes) is 1. The summed E-state index contributed by atoms with van der Waals surface area (Å²) >= 11 is 0. The van der Waals surface area contributed by atoms with Crippen LogP contribution in [0.1, 0.15) is 25.3 Å². The molecule has 0 fully saturated rings. The number of nitrogens with zero attached hydrogens (tertiary/aromatic N) is 1. The molecule has 6 heteroatoms. The van der Waals surface area contributed by atoms with Crippen molar-refractivity contribution in [3.63, 3.8) is 0 Å². The normalized spacial score (nSPS) is 11.2. The average molecular weight is 319 g/mol. The van der Waals surface area contributed by atoms with Crippen LogP contribution in [-0.4, -0.2) is 19.9 Å². The summed E-state index contributed by atoms with van der Waals surface area (Å²) in [5, 5.41) is 3.19. The van der Waals surface area contributed by atoms with E-state index in [0.717, 1.165) is 25.2 Å². The second kappa shape index (κ2) is 7.26. The number of benzene rings is 1. The maximum atomic E-state index is 12.4. The Kier molecular flexibility index (Phi) is 5.38. The van der Waals surface area contributed by atoms with Gasteiger partial charge in [0.05, 0.1) is 16.8 Å². The monoisotopic (exact) mass is 319 g/mol. The Morgan fingerprint density at radius 2 is 1.91 bits per heavy atom. The number of hydrogen-bond donors (Lipinski definition) is 2. The number of rotatable bonds is 7. The molecule has 0 radical (unpaired) electrons. The molecule has 0 aliphatic rings. The van der Waals surface area contributed by atoms with Crippen molar-refractivity contribution in [1.82, 2.24) is 4.98 Å². The van der Waals surface area contributed by atoms with Crippen molar-refractivity contribution < 1.29 is 8.42 Å². The summed E-state index contributed by atoms with van der Waals surface area (Å²) in [6.45, 7) is 4.75. The minimum atomic E-state index is -3.59. The third-order valence-electron chi connectivity index (χ3n) is 3.24. The number of hydrogen-bond acceptors (Lipinski definition) is 4. The lowest BCUT2D eigenvalue weighted by Crippen LogP contribution is -2.14. The van der Waals surface area contributed by atoms with E-state index < -0.39 is 10.0 Å². The van der Waals surface area contributed by atoms with Gasteiger partial charge in [-0.2, -0.15) is 0 Å². The number of aromatic nitrogens is 1. The Bertz CT molecular complexity index is 712. The average Bonchev–Trinajstić information content (AvgIpc) is 2.49. The highest BCUT2D eigenvalue weighted by Crippen LogP contribution is 2.19. The Balaban J connectivity index is 2.09. The molecule has 0 saturated heterocycles. The molecule has 1 heterocycles. The molecule has 2 N–H and O–H groups in total. The molecule has 0 saturated carbocycles. The molecule has 0 unspecified atom stereocenters. The van der Waals surface area contributed by atoms with Gasteiger partial charge in [-0.25, -0.2) is 13.4 Å². The maximum Gasteiger partial charge on any atom is 0.262 e.